The normalized spacial score (nSPS) is 18.7. The molecule has 7 nitrogen and oxygen atoms in total. The number of anilines is 1. The fourth-order valence-electron chi connectivity index (χ4n) is 4.36. The number of carbonyl (C=O) groups is 2. The SMILES string of the molecule is O=C1C(=O)N(c2nc3ccc(Cl)cc3s2)C(c2cccc(Cl)c2)C1=C(O)c1ccc2c(c1)OCCO2. The molecule has 3 heterocycles. The molecule has 4 aromatic rings. The summed E-state index contributed by atoms with van der Waals surface area (Å²) in [4.78, 5) is 32.7. The second kappa shape index (κ2) is 8.81. The summed E-state index contributed by atoms with van der Waals surface area (Å²) >= 11 is 13.6. The second-order valence-corrected chi connectivity index (χ2v) is 10.1. The molecule has 0 bridgehead atoms. The Bertz CT molecular complexity index is 1600. The maximum Gasteiger partial charge on any atom is 0.301 e. The first-order valence-corrected chi connectivity index (χ1v) is 12.5. The van der Waals surface area contributed by atoms with E-state index in [1.54, 1.807) is 60.7 Å². The molecular formula is C26H16Cl2N2O5S. The number of nitrogens with zero attached hydrogens (tertiary/aromatic N) is 2. The summed E-state index contributed by atoms with van der Waals surface area (Å²) < 4.78 is 11.9. The van der Waals surface area contributed by atoms with Crippen LogP contribution in [0.5, 0.6) is 11.5 Å². The van der Waals surface area contributed by atoms with E-state index in [9.17, 15) is 14.7 Å². The zero-order chi connectivity index (χ0) is 25.0. The fraction of sp³-hybridized carbons (Fsp3) is 0.115. The largest absolute Gasteiger partial charge is 0.507 e. The molecule has 0 aliphatic carbocycles. The Balaban J connectivity index is 1.54. The van der Waals surface area contributed by atoms with Gasteiger partial charge in [0.25, 0.3) is 5.78 Å². The average Bonchev–Trinajstić information content (AvgIpc) is 3.41. The molecule has 36 heavy (non-hydrogen) atoms. The lowest BCUT2D eigenvalue weighted by molar-refractivity contribution is -0.132. The minimum atomic E-state index is -0.951. The third-order valence-corrected chi connectivity index (χ3v) is 7.46. The molecule has 0 saturated carbocycles. The molecule has 1 unspecified atom stereocenters. The van der Waals surface area contributed by atoms with Crippen LogP contribution in [0.2, 0.25) is 10.0 Å². The maximum atomic E-state index is 13.4. The van der Waals surface area contributed by atoms with Gasteiger partial charge in [0, 0.05) is 15.6 Å². The lowest BCUT2D eigenvalue weighted by Gasteiger charge is -2.23. The number of thiazole rings is 1. The molecule has 1 N–H and O–H groups in total. The quantitative estimate of drug-likeness (QED) is 0.195. The van der Waals surface area contributed by atoms with Crippen molar-refractivity contribution in [3.8, 4) is 11.5 Å². The van der Waals surface area contributed by atoms with Gasteiger partial charge in [-0.3, -0.25) is 14.5 Å². The molecule has 10 heteroatoms. The number of Topliss-reactive ketones (excluding diaryl/α,β-unsaturated/α-hetero) is 1. The Kier molecular flexibility index (Phi) is 5.59. The number of hydrogen-bond acceptors (Lipinski definition) is 7. The standard InChI is InChI=1S/C26H16Cl2N2O5S/c27-15-3-1-2-13(10-15)22-21(23(31)14-4-7-18-19(11-14)35-9-8-34-18)24(32)25(33)30(22)26-29-17-6-5-16(28)12-20(17)36-26/h1-7,10-12,22,31H,8-9H2. The van der Waals surface area contributed by atoms with Gasteiger partial charge in [0.15, 0.2) is 16.6 Å². The van der Waals surface area contributed by atoms with Gasteiger partial charge < -0.3 is 14.6 Å². The van der Waals surface area contributed by atoms with E-state index in [2.05, 4.69) is 4.98 Å². The number of aromatic nitrogens is 1. The van der Waals surface area contributed by atoms with Crippen molar-refractivity contribution >= 4 is 67.3 Å². The first kappa shape index (κ1) is 22.8. The van der Waals surface area contributed by atoms with E-state index in [0.717, 1.165) is 4.70 Å². The molecular weight excluding hydrogens is 523 g/mol. The summed E-state index contributed by atoms with van der Waals surface area (Å²) in [6.07, 6.45) is 0. The van der Waals surface area contributed by atoms with Crippen molar-refractivity contribution in [1.82, 2.24) is 4.98 Å². The first-order chi connectivity index (χ1) is 17.4. The maximum absolute atomic E-state index is 13.4. The van der Waals surface area contributed by atoms with Crippen molar-refractivity contribution < 1.29 is 24.2 Å². The highest BCUT2D eigenvalue weighted by Crippen LogP contribution is 2.45. The molecule has 1 saturated heterocycles. The summed E-state index contributed by atoms with van der Waals surface area (Å²) in [6.45, 7) is 0.789. The van der Waals surface area contributed by atoms with Crippen LogP contribution >= 0.6 is 34.5 Å². The number of aliphatic hydroxyl groups is 1. The van der Waals surface area contributed by atoms with Gasteiger partial charge in [0.1, 0.15) is 19.0 Å². The number of halogens is 2. The van der Waals surface area contributed by atoms with E-state index in [-0.39, 0.29) is 11.3 Å². The molecule has 2 aliphatic rings. The van der Waals surface area contributed by atoms with Crippen LogP contribution in [0.15, 0.2) is 66.2 Å². The Hall–Kier alpha value is -3.59. The van der Waals surface area contributed by atoms with Crippen LogP contribution in [0, 0.1) is 0 Å². The molecule has 1 atom stereocenters. The third-order valence-electron chi connectivity index (χ3n) is 5.97. The van der Waals surface area contributed by atoms with E-state index < -0.39 is 17.7 Å². The molecule has 0 radical (unpaired) electrons. The fourth-order valence-corrected chi connectivity index (χ4v) is 5.82. The molecule has 180 valence electrons. The van der Waals surface area contributed by atoms with Crippen LogP contribution in [-0.4, -0.2) is 35.0 Å². The predicted molar refractivity (Wildman–Crippen MR) is 138 cm³/mol. The highest BCUT2D eigenvalue weighted by molar-refractivity contribution is 7.22. The van der Waals surface area contributed by atoms with Gasteiger partial charge in [0.2, 0.25) is 0 Å². The minimum Gasteiger partial charge on any atom is -0.507 e. The summed E-state index contributed by atoms with van der Waals surface area (Å²) in [5, 5.41) is 12.6. The van der Waals surface area contributed by atoms with Gasteiger partial charge in [-0.2, -0.15) is 0 Å². The number of benzene rings is 3. The Morgan fingerprint density at radius 3 is 2.56 bits per heavy atom. The first-order valence-electron chi connectivity index (χ1n) is 10.9. The third kappa shape index (κ3) is 3.78. The number of aliphatic hydroxyl groups excluding tert-OH is 1. The van der Waals surface area contributed by atoms with Crippen molar-refractivity contribution in [2.24, 2.45) is 0 Å². The lowest BCUT2D eigenvalue weighted by atomic mass is 9.95. The smallest absolute Gasteiger partial charge is 0.301 e. The zero-order valence-corrected chi connectivity index (χ0v) is 20.7. The molecule has 3 aromatic carbocycles. The minimum absolute atomic E-state index is 0.0729. The zero-order valence-electron chi connectivity index (χ0n) is 18.4. The lowest BCUT2D eigenvalue weighted by Crippen LogP contribution is -2.29. The van der Waals surface area contributed by atoms with Crippen molar-refractivity contribution in [3.63, 3.8) is 0 Å². The summed E-state index contributed by atoms with van der Waals surface area (Å²) in [5.74, 6) is -0.976. The number of ketones is 1. The van der Waals surface area contributed by atoms with E-state index in [1.165, 1.54) is 16.2 Å². The molecule has 6 rings (SSSR count). The molecule has 1 amide bonds. The average molecular weight is 539 g/mol. The molecule has 0 spiro atoms. The van der Waals surface area contributed by atoms with Crippen LogP contribution in [0.25, 0.3) is 16.0 Å². The van der Waals surface area contributed by atoms with Crippen LogP contribution in [0.1, 0.15) is 17.2 Å². The van der Waals surface area contributed by atoms with E-state index in [1.807, 2.05) is 0 Å². The highest BCUT2D eigenvalue weighted by atomic mass is 35.5. The van der Waals surface area contributed by atoms with Crippen LogP contribution in [-0.2, 0) is 9.59 Å². The number of hydrogen-bond donors (Lipinski definition) is 1. The number of amides is 1. The van der Waals surface area contributed by atoms with Gasteiger partial charge >= 0.3 is 5.91 Å². The van der Waals surface area contributed by atoms with Gasteiger partial charge in [-0.15, -0.1) is 0 Å². The summed E-state index contributed by atoms with van der Waals surface area (Å²) in [7, 11) is 0. The van der Waals surface area contributed by atoms with Gasteiger partial charge in [-0.05, 0) is 54.1 Å². The van der Waals surface area contributed by atoms with Gasteiger partial charge in [0.05, 0.1) is 21.8 Å². The summed E-state index contributed by atoms with van der Waals surface area (Å²) in [5.41, 5.74) is 1.44. The highest BCUT2D eigenvalue weighted by Gasteiger charge is 2.48. The number of rotatable bonds is 3. The number of ether oxygens (including phenoxy) is 2. The van der Waals surface area contributed by atoms with E-state index in [4.69, 9.17) is 32.7 Å². The molecule has 2 aliphatic heterocycles. The monoisotopic (exact) mass is 538 g/mol. The topological polar surface area (TPSA) is 89.0 Å². The van der Waals surface area contributed by atoms with Crippen molar-refractivity contribution in [3.05, 3.63) is 87.4 Å². The number of carbonyl (C=O) groups excluding carboxylic acids is 2. The van der Waals surface area contributed by atoms with Gasteiger partial charge in [-0.25, -0.2) is 4.98 Å². The van der Waals surface area contributed by atoms with Crippen LogP contribution in [0.3, 0.4) is 0 Å². The predicted octanol–water partition coefficient (Wildman–Crippen LogP) is 6.00. The van der Waals surface area contributed by atoms with E-state index >= 15 is 0 Å². The van der Waals surface area contributed by atoms with Crippen molar-refractivity contribution in [2.75, 3.05) is 18.1 Å². The number of fused-ring (bicyclic) bond motifs is 2. The molecule has 1 aromatic heterocycles. The Labute approximate surface area is 219 Å². The van der Waals surface area contributed by atoms with Crippen LogP contribution < -0.4 is 14.4 Å². The summed E-state index contributed by atoms with van der Waals surface area (Å²) in [6, 6.07) is 15.9. The Morgan fingerprint density at radius 2 is 1.75 bits per heavy atom. The van der Waals surface area contributed by atoms with Crippen molar-refractivity contribution in [1.29, 1.82) is 0 Å². The Morgan fingerprint density at radius 1 is 0.972 bits per heavy atom. The van der Waals surface area contributed by atoms with Crippen molar-refractivity contribution in [2.45, 2.75) is 6.04 Å². The molecule has 1 fully saturated rings. The van der Waals surface area contributed by atoms with E-state index in [0.29, 0.717) is 56.5 Å². The van der Waals surface area contributed by atoms with Gasteiger partial charge in [-0.1, -0.05) is 46.7 Å². The second-order valence-electron chi connectivity index (χ2n) is 8.19. The van der Waals surface area contributed by atoms with Crippen LogP contribution in [0.4, 0.5) is 5.13 Å².